The van der Waals surface area contributed by atoms with E-state index in [9.17, 15) is 14.7 Å². The fourth-order valence-electron chi connectivity index (χ4n) is 2.48. The van der Waals surface area contributed by atoms with Gasteiger partial charge in [-0.15, -0.1) is 0 Å². The summed E-state index contributed by atoms with van der Waals surface area (Å²) in [6.45, 7) is 6.42. The predicted molar refractivity (Wildman–Crippen MR) is 80.5 cm³/mol. The molecule has 7 nitrogen and oxygen atoms in total. The van der Waals surface area contributed by atoms with Crippen LogP contribution in [0.15, 0.2) is 12.4 Å². The average molecular weight is 309 g/mol. The van der Waals surface area contributed by atoms with Gasteiger partial charge in [0.25, 0.3) is 0 Å². The molecule has 0 saturated carbocycles. The van der Waals surface area contributed by atoms with Crippen molar-refractivity contribution in [1.82, 2.24) is 9.78 Å². The Morgan fingerprint density at radius 2 is 2.09 bits per heavy atom. The van der Waals surface area contributed by atoms with E-state index in [-0.39, 0.29) is 11.8 Å². The van der Waals surface area contributed by atoms with E-state index in [0.29, 0.717) is 24.8 Å². The van der Waals surface area contributed by atoms with Crippen molar-refractivity contribution in [2.24, 2.45) is 11.8 Å². The molecular formula is C15H23N3O4. The molecule has 0 bridgehead atoms. The number of rotatable bonds is 5. The summed E-state index contributed by atoms with van der Waals surface area (Å²) in [5.74, 6) is -0.845. The number of hydrogen-bond acceptors (Lipinski definition) is 4. The molecule has 1 amide bonds. The topological polar surface area (TPSA) is 93.5 Å². The number of aromatic nitrogens is 2. The molecule has 0 radical (unpaired) electrons. The number of carboxylic acids is 1. The van der Waals surface area contributed by atoms with Gasteiger partial charge in [-0.05, 0) is 32.6 Å². The summed E-state index contributed by atoms with van der Waals surface area (Å²) in [7, 11) is 0. The smallest absolute Gasteiger partial charge is 0.331 e. The summed E-state index contributed by atoms with van der Waals surface area (Å²) in [4.78, 5) is 23.5. The first-order valence-corrected chi connectivity index (χ1v) is 7.49. The minimum atomic E-state index is -1.16. The van der Waals surface area contributed by atoms with Crippen molar-refractivity contribution in [3.63, 3.8) is 0 Å². The second-order valence-corrected chi connectivity index (χ2v) is 6.27. The maximum Gasteiger partial charge on any atom is 0.331 e. The van der Waals surface area contributed by atoms with Crippen molar-refractivity contribution in [2.45, 2.75) is 39.2 Å². The van der Waals surface area contributed by atoms with E-state index in [0.717, 1.165) is 12.8 Å². The van der Waals surface area contributed by atoms with Crippen LogP contribution < -0.4 is 5.32 Å². The van der Waals surface area contributed by atoms with Crippen LogP contribution in [-0.4, -0.2) is 40.0 Å². The molecule has 1 aliphatic heterocycles. The number of carboxylic acid groups (broad SMARTS) is 1. The molecule has 1 atom stereocenters. The maximum absolute atomic E-state index is 12.3. The molecule has 1 fully saturated rings. The second kappa shape index (κ2) is 6.48. The standard InChI is InChI=1S/C15H23N3O4/c1-10(11-4-6-22-7-5-11)13(19)17-12-8-16-18(9-12)15(2,3)14(20)21/h8-11H,4-7H2,1-3H3,(H,17,19)(H,20,21). The minimum Gasteiger partial charge on any atom is -0.479 e. The van der Waals surface area contributed by atoms with Crippen LogP contribution in [0.5, 0.6) is 0 Å². The van der Waals surface area contributed by atoms with E-state index in [4.69, 9.17) is 4.74 Å². The van der Waals surface area contributed by atoms with Crippen molar-refractivity contribution >= 4 is 17.6 Å². The van der Waals surface area contributed by atoms with E-state index < -0.39 is 11.5 Å². The number of aliphatic carboxylic acids is 1. The number of nitrogens with zero attached hydrogens (tertiary/aromatic N) is 2. The van der Waals surface area contributed by atoms with Gasteiger partial charge in [-0.3, -0.25) is 9.48 Å². The highest BCUT2D eigenvalue weighted by molar-refractivity contribution is 5.92. The summed E-state index contributed by atoms with van der Waals surface area (Å²) in [6.07, 6.45) is 4.79. The molecule has 1 aromatic heterocycles. The van der Waals surface area contributed by atoms with Crippen molar-refractivity contribution < 1.29 is 19.4 Å². The molecule has 0 spiro atoms. The Hall–Kier alpha value is -1.89. The Bertz CT molecular complexity index is 547. The Balaban J connectivity index is 2.00. The first-order valence-electron chi connectivity index (χ1n) is 7.49. The summed E-state index contributed by atoms with van der Waals surface area (Å²) in [6, 6.07) is 0. The van der Waals surface area contributed by atoms with Crippen LogP contribution in [-0.2, 0) is 19.9 Å². The van der Waals surface area contributed by atoms with Crippen LogP contribution >= 0.6 is 0 Å². The summed E-state index contributed by atoms with van der Waals surface area (Å²) in [5.41, 5.74) is -0.645. The fourth-order valence-corrected chi connectivity index (χ4v) is 2.48. The largest absolute Gasteiger partial charge is 0.479 e. The fraction of sp³-hybridized carbons (Fsp3) is 0.667. The number of ether oxygens (including phenoxy) is 1. The highest BCUT2D eigenvalue weighted by Gasteiger charge is 2.31. The van der Waals surface area contributed by atoms with Gasteiger partial charge in [-0.1, -0.05) is 6.92 Å². The van der Waals surface area contributed by atoms with Gasteiger partial charge in [0.05, 0.1) is 11.9 Å². The number of hydrogen-bond donors (Lipinski definition) is 2. The van der Waals surface area contributed by atoms with Crippen LogP contribution in [0.4, 0.5) is 5.69 Å². The van der Waals surface area contributed by atoms with Gasteiger partial charge in [0.15, 0.2) is 5.54 Å². The van der Waals surface area contributed by atoms with E-state index in [1.54, 1.807) is 20.0 Å². The van der Waals surface area contributed by atoms with Crippen LogP contribution in [0.3, 0.4) is 0 Å². The molecule has 7 heteroatoms. The molecule has 2 rings (SSSR count). The van der Waals surface area contributed by atoms with Gasteiger partial charge >= 0.3 is 5.97 Å². The van der Waals surface area contributed by atoms with E-state index >= 15 is 0 Å². The normalized spacial score (nSPS) is 18.0. The zero-order chi connectivity index (χ0) is 16.3. The van der Waals surface area contributed by atoms with Crippen LogP contribution in [0.1, 0.15) is 33.6 Å². The molecule has 0 aromatic carbocycles. The van der Waals surface area contributed by atoms with Crippen LogP contribution in [0.25, 0.3) is 0 Å². The molecule has 0 aliphatic carbocycles. The molecule has 2 N–H and O–H groups in total. The number of carbonyl (C=O) groups excluding carboxylic acids is 1. The Morgan fingerprint density at radius 1 is 1.45 bits per heavy atom. The summed E-state index contributed by atoms with van der Waals surface area (Å²) < 4.78 is 6.65. The average Bonchev–Trinajstić information content (AvgIpc) is 2.96. The number of carbonyl (C=O) groups is 2. The van der Waals surface area contributed by atoms with Gasteiger partial charge in [-0.2, -0.15) is 5.10 Å². The zero-order valence-corrected chi connectivity index (χ0v) is 13.2. The lowest BCUT2D eigenvalue weighted by atomic mass is 9.87. The van der Waals surface area contributed by atoms with Gasteiger partial charge < -0.3 is 15.2 Å². The first-order chi connectivity index (χ1) is 10.3. The maximum atomic E-state index is 12.3. The SMILES string of the molecule is CC(C(=O)Nc1cnn(C(C)(C)C(=O)O)c1)C1CCOCC1. The molecule has 122 valence electrons. The predicted octanol–water partition coefficient (Wildman–Crippen LogP) is 1.70. The lowest BCUT2D eigenvalue weighted by Gasteiger charge is -2.26. The van der Waals surface area contributed by atoms with Gasteiger partial charge in [-0.25, -0.2) is 4.79 Å². The zero-order valence-electron chi connectivity index (χ0n) is 13.2. The van der Waals surface area contributed by atoms with Crippen molar-refractivity contribution in [3.05, 3.63) is 12.4 Å². The van der Waals surface area contributed by atoms with Crippen molar-refractivity contribution in [1.29, 1.82) is 0 Å². The number of nitrogens with one attached hydrogen (secondary N) is 1. The molecule has 1 unspecified atom stereocenters. The Morgan fingerprint density at radius 3 is 2.68 bits per heavy atom. The Kier molecular flexibility index (Phi) is 4.85. The molecule has 2 heterocycles. The van der Waals surface area contributed by atoms with E-state index in [2.05, 4.69) is 10.4 Å². The third kappa shape index (κ3) is 3.47. The number of amides is 1. The third-order valence-electron chi connectivity index (χ3n) is 4.33. The lowest BCUT2D eigenvalue weighted by molar-refractivity contribution is -0.146. The van der Waals surface area contributed by atoms with Crippen molar-refractivity contribution in [3.8, 4) is 0 Å². The highest BCUT2D eigenvalue weighted by Crippen LogP contribution is 2.25. The molecular weight excluding hydrogens is 286 g/mol. The first kappa shape index (κ1) is 16.5. The third-order valence-corrected chi connectivity index (χ3v) is 4.33. The van der Waals surface area contributed by atoms with Crippen LogP contribution in [0.2, 0.25) is 0 Å². The van der Waals surface area contributed by atoms with Gasteiger partial charge in [0.2, 0.25) is 5.91 Å². The number of anilines is 1. The molecule has 1 aromatic rings. The monoisotopic (exact) mass is 309 g/mol. The van der Waals surface area contributed by atoms with E-state index in [1.165, 1.54) is 10.9 Å². The van der Waals surface area contributed by atoms with Crippen molar-refractivity contribution in [2.75, 3.05) is 18.5 Å². The Labute approximate surface area is 129 Å². The molecule has 22 heavy (non-hydrogen) atoms. The van der Waals surface area contributed by atoms with Gasteiger partial charge in [0, 0.05) is 25.3 Å². The van der Waals surface area contributed by atoms with Gasteiger partial charge in [0.1, 0.15) is 0 Å². The highest BCUT2D eigenvalue weighted by atomic mass is 16.5. The molecule has 1 saturated heterocycles. The summed E-state index contributed by atoms with van der Waals surface area (Å²) >= 11 is 0. The minimum absolute atomic E-state index is 0.0698. The van der Waals surface area contributed by atoms with Crippen LogP contribution in [0, 0.1) is 11.8 Å². The lowest BCUT2D eigenvalue weighted by Crippen LogP contribution is -2.36. The second-order valence-electron chi connectivity index (χ2n) is 6.27. The van der Waals surface area contributed by atoms with E-state index in [1.807, 2.05) is 6.92 Å². The summed E-state index contributed by atoms with van der Waals surface area (Å²) in [5, 5.41) is 16.0. The molecule has 1 aliphatic rings. The quantitative estimate of drug-likeness (QED) is 0.863.